The van der Waals surface area contributed by atoms with E-state index in [0.717, 1.165) is 11.3 Å². The molecule has 0 aromatic carbocycles. The molecule has 0 aliphatic rings. The molecular weight excluding hydrogens is 220 g/mol. The van der Waals surface area contributed by atoms with Crippen LogP contribution in [0.25, 0.3) is 0 Å². The number of carboxylic acids is 1. The van der Waals surface area contributed by atoms with Crippen LogP contribution in [0.4, 0.5) is 5.13 Å². The Bertz CT molecular complexity index is 401. The summed E-state index contributed by atoms with van der Waals surface area (Å²) in [7, 11) is 0. The molecule has 1 aromatic heterocycles. The number of aliphatic hydroxyl groups excluding tert-OH is 1. The molecule has 1 amide bonds. The van der Waals surface area contributed by atoms with E-state index in [1.54, 1.807) is 6.92 Å². The van der Waals surface area contributed by atoms with Gasteiger partial charge in [0.1, 0.15) is 0 Å². The maximum atomic E-state index is 10.7. The Morgan fingerprint density at radius 3 is 2.60 bits per heavy atom. The number of aliphatic hydroxyl groups is 1. The highest BCUT2D eigenvalue weighted by Crippen LogP contribution is 2.28. The molecule has 1 rings (SSSR count). The molecular formula is C8H10N2O4S. The van der Waals surface area contributed by atoms with Crippen LogP contribution in [0.1, 0.15) is 23.6 Å². The van der Waals surface area contributed by atoms with Gasteiger partial charge >= 0.3 is 5.97 Å². The van der Waals surface area contributed by atoms with Crippen molar-refractivity contribution in [2.24, 2.45) is 0 Å². The second kappa shape index (κ2) is 4.37. The first-order valence-electron chi connectivity index (χ1n) is 4.07. The minimum Gasteiger partial charge on any atom is -0.479 e. The molecule has 7 heteroatoms. The van der Waals surface area contributed by atoms with E-state index in [2.05, 4.69) is 10.3 Å². The van der Waals surface area contributed by atoms with Crippen molar-refractivity contribution in [3.05, 3.63) is 10.6 Å². The summed E-state index contributed by atoms with van der Waals surface area (Å²) < 4.78 is 0. The highest BCUT2D eigenvalue weighted by Gasteiger charge is 2.22. The summed E-state index contributed by atoms with van der Waals surface area (Å²) in [5.41, 5.74) is 0.402. The quantitative estimate of drug-likeness (QED) is 0.703. The van der Waals surface area contributed by atoms with E-state index in [4.69, 9.17) is 5.11 Å². The van der Waals surface area contributed by atoms with Crippen molar-refractivity contribution >= 4 is 28.3 Å². The van der Waals surface area contributed by atoms with Crippen LogP contribution in [0.2, 0.25) is 0 Å². The predicted molar refractivity (Wildman–Crippen MR) is 53.8 cm³/mol. The van der Waals surface area contributed by atoms with E-state index in [1.807, 2.05) is 0 Å². The Balaban J connectivity index is 2.95. The number of aryl methyl sites for hydroxylation is 1. The smallest absolute Gasteiger partial charge is 0.338 e. The van der Waals surface area contributed by atoms with Crippen LogP contribution in [0, 0.1) is 6.92 Å². The van der Waals surface area contributed by atoms with Crippen molar-refractivity contribution in [3.63, 3.8) is 0 Å². The molecule has 0 saturated heterocycles. The number of carbonyl (C=O) groups excluding carboxylic acids is 1. The van der Waals surface area contributed by atoms with Crippen LogP contribution in [0.5, 0.6) is 0 Å². The Kier molecular flexibility index (Phi) is 3.38. The Morgan fingerprint density at radius 2 is 2.13 bits per heavy atom. The standard InChI is InChI=1S/C8H10N2O4S/c1-3-6(5(12)7(13)14)15-8(9-3)10-4(2)11/h5,12H,1-2H3,(H,13,14)(H,9,10,11). The zero-order valence-corrected chi connectivity index (χ0v) is 8.96. The van der Waals surface area contributed by atoms with Crippen molar-refractivity contribution in [1.82, 2.24) is 4.98 Å². The minimum atomic E-state index is -1.59. The number of aliphatic carboxylic acids is 1. The fourth-order valence-electron chi connectivity index (χ4n) is 0.978. The van der Waals surface area contributed by atoms with Crippen molar-refractivity contribution in [2.75, 3.05) is 5.32 Å². The van der Waals surface area contributed by atoms with Gasteiger partial charge in [0.25, 0.3) is 0 Å². The Labute approximate surface area is 89.6 Å². The summed E-state index contributed by atoms with van der Waals surface area (Å²) in [5, 5.41) is 20.6. The largest absolute Gasteiger partial charge is 0.479 e. The van der Waals surface area contributed by atoms with Gasteiger partial charge in [-0.05, 0) is 6.92 Å². The molecule has 1 atom stereocenters. The Morgan fingerprint density at radius 1 is 1.53 bits per heavy atom. The van der Waals surface area contributed by atoms with Crippen molar-refractivity contribution < 1.29 is 19.8 Å². The highest BCUT2D eigenvalue weighted by atomic mass is 32.1. The van der Waals surface area contributed by atoms with Gasteiger partial charge in [0.15, 0.2) is 11.2 Å². The molecule has 0 saturated carbocycles. The van der Waals surface area contributed by atoms with Gasteiger partial charge in [-0.15, -0.1) is 0 Å². The Hall–Kier alpha value is -1.47. The van der Waals surface area contributed by atoms with Gasteiger partial charge in [-0.1, -0.05) is 11.3 Å². The highest BCUT2D eigenvalue weighted by molar-refractivity contribution is 7.16. The summed E-state index contributed by atoms with van der Waals surface area (Å²) in [6.07, 6.45) is -1.59. The third-order valence-corrected chi connectivity index (χ3v) is 2.72. The lowest BCUT2D eigenvalue weighted by atomic mass is 10.2. The van der Waals surface area contributed by atoms with E-state index in [0.29, 0.717) is 5.69 Å². The topological polar surface area (TPSA) is 99.5 Å². The molecule has 0 spiro atoms. The molecule has 1 heterocycles. The number of carboxylic acid groups (broad SMARTS) is 1. The first-order chi connectivity index (χ1) is 6.91. The normalized spacial score (nSPS) is 12.2. The van der Waals surface area contributed by atoms with Gasteiger partial charge in [-0.2, -0.15) is 0 Å². The molecule has 82 valence electrons. The molecule has 0 aliphatic carbocycles. The fourth-order valence-corrected chi connectivity index (χ4v) is 1.97. The zero-order chi connectivity index (χ0) is 11.6. The lowest BCUT2D eigenvalue weighted by Gasteiger charge is -2.01. The van der Waals surface area contributed by atoms with Crippen LogP contribution in [-0.4, -0.2) is 27.1 Å². The van der Waals surface area contributed by atoms with Crippen molar-refractivity contribution in [2.45, 2.75) is 20.0 Å². The number of rotatable bonds is 3. The van der Waals surface area contributed by atoms with Gasteiger partial charge in [-0.3, -0.25) is 4.79 Å². The van der Waals surface area contributed by atoms with Crippen LogP contribution in [0.3, 0.4) is 0 Å². The molecule has 0 radical (unpaired) electrons. The number of nitrogens with zero attached hydrogens (tertiary/aromatic N) is 1. The number of carbonyl (C=O) groups is 2. The zero-order valence-electron chi connectivity index (χ0n) is 8.14. The third-order valence-electron chi connectivity index (χ3n) is 1.60. The number of aromatic nitrogens is 1. The van der Waals surface area contributed by atoms with Gasteiger partial charge < -0.3 is 15.5 Å². The monoisotopic (exact) mass is 230 g/mol. The van der Waals surface area contributed by atoms with Crippen LogP contribution in [-0.2, 0) is 9.59 Å². The van der Waals surface area contributed by atoms with Crippen molar-refractivity contribution in [3.8, 4) is 0 Å². The van der Waals surface area contributed by atoms with E-state index in [1.165, 1.54) is 6.92 Å². The maximum Gasteiger partial charge on any atom is 0.338 e. The first kappa shape index (κ1) is 11.6. The van der Waals surface area contributed by atoms with E-state index < -0.39 is 12.1 Å². The average Bonchev–Trinajstić information content (AvgIpc) is 2.44. The van der Waals surface area contributed by atoms with Gasteiger partial charge in [0, 0.05) is 6.92 Å². The number of hydrogen-bond acceptors (Lipinski definition) is 5. The van der Waals surface area contributed by atoms with E-state index in [-0.39, 0.29) is 15.9 Å². The van der Waals surface area contributed by atoms with Gasteiger partial charge in [0.2, 0.25) is 5.91 Å². The summed E-state index contributed by atoms with van der Waals surface area (Å²) in [5.74, 6) is -1.63. The first-order valence-corrected chi connectivity index (χ1v) is 4.89. The number of hydrogen-bond donors (Lipinski definition) is 3. The van der Waals surface area contributed by atoms with Crippen molar-refractivity contribution in [1.29, 1.82) is 0 Å². The number of anilines is 1. The number of thiazole rings is 1. The fraction of sp³-hybridized carbons (Fsp3) is 0.375. The van der Waals surface area contributed by atoms with Crippen LogP contribution >= 0.6 is 11.3 Å². The van der Waals surface area contributed by atoms with E-state index in [9.17, 15) is 14.7 Å². The number of amides is 1. The van der Waals surface area contributed by atoms with Gasteiger partial charge in [-0.25, -0.2) is 9.78 Å². The summed E-state index contributed by atoms with van der Waals surface area (Å²) in [4.78, 5) is 25.4. The molecule has 6 nitrogen and oxygen atoms in total. The summed E-state index contributed by atoms with van der Waals surface area (Å²) in [6, 6.07) is 0. The molecule has 0 bridgehead atoms. The molecule has 1 aromatic rings. The van der Waals surface area contributed by atoms with Crippen LogP contribution in [0.15, 0.2) is 0 Å². The third kappa shape index (κ3) is 2.74. The van der Waals surface area contributed by atoms with Gasteiger partial charge in [0.05, 0.1) is 10.6 Å². The molecule has 0 aliphatic heterocycles. The summed E-state index contributed by atoms with van der Waals surface area (Å²) >= 11 is 0.950. The SMILES string of the molecule is CC(=O)Nc1nc(C)c(C(O)C(=O)O)s1. The second-order valence-electron chi connectivity index (χ2n) is 2.89. The van der Waals surface area contributed by atoms with E-state index >= 15 is 0 Å². The molecule has 0 fully saturated rings. The minimum absolute atomic E-state index is 0.228. The molecule has 3 N–H and O–H groups in total. The van der Waals surface area contributed by atoms with Crippen LogP contribution < -0.4 is 5.32 Å². The lowest BCUT2D eigenvalue weighted by Crippen LogP contribution is -2.09. The predicted octanol–water partition coefficient (Wildman–Crippen LogP) is 0.528. The molecule has 1 unspecified atom stereocenters. The lowest BCUT2D eigenvalue weighted by molar-refractivity contribution is -0.146. The number of nitrogens with one attached hydrogen (secondary N) is 1. The maximum absolute atomic E-state index is 10.7. The average molecular weight is 230 g/mol. The second-order valence-corrected chi connectivity index (χ2v) is 3.92. The summed E-state index contributed by atoms with van der Waals surface area (Å²) in [6.45, 7) is 2.90. The molecule has 15 heavy (non-hydrogen) atoms.